The maximum atomic E-state index is 13.0. The minimum atomic E-state index is -0.969. The molecule has 0 fully saturated rings. The Morgan fingerprint density at radius 1 is 1.18 bits per heavy atom. The highest BCUT2D eigenvalue weighted by molar-refractivity contribution is 5.77. The quantitative estimate of drug-likeness (QED) is 0.146. The van der Waals surface area contributed by atoms with Crippen molar-refractivity contribution in [3.05, 3.63) is 23.8 Å². The number of esters is 1. The van der Waals surface area contributed by atoms with E-state index in [2.05, 4.69) is 37.4 Å². The van der Waals surface area contributed by atoms with Gasteiger partial charge in [0.05, 0.1) is 36.7 Å². The van der Waals surface area contributed by atoms with Gasteiger partial charge in [0.15, 0.2) is 0 Å². The zero-order chi connectivity index (χ0) is 29.2. The SMILES string of the molecule is CCC(C)(C)C(=O)O[C@H]1C[C@@H](C)C=C2C=C[C@H](C)[C@H](CC[C@@H](O)C[C@@H](O)CC(=O)N[C@H](CO)CCCCN)[C@H]21. The summed E-state index contributed by atoms with van der Waals surface area (Å²) < 4.78 is 6.17. The van der Waals surface area contributed by atoms with Gasteiger partial charge in [0, 0.05) is 5.92 Å². The van der Waals surface area contributed by atoms with Crippen molar-refractivity contribution in [2.45, 2.75) is 117 Å². The van der Waals surface area contributed by atoms with Crippen LogP contribution in [0.2, 0.25) is 0 Å². The molecule has 0 saturated heterocycles. The molecular formula is C31H54N2O6. The molecule has 6 N–H and O–H groups in total. The lowest BCUT2D eigenvalue weighted by Crippen LogP contribution is -2.43. The second-order valence-corrected chi connectivity index (χ2v) is 12.5. The molecule has 0 aromatic carbocycles. The monoisotopic (exact) mass is 550 g/mol. The van der Waals surface area contributed by atoms with E-state index in [4.69, 9.17) is 10.5 Å². The lowest BCUT2D eigenvalue weighted by atomic mass is 9.65. The van der Waals surface area contributed by atoms with Crippen LogP contribution in [0.4, 0.5) is 0 Å². The van der Waals surface area contributed by atoms with Crippen LogP contribution >= 0.6 is 0 Å². The van der Waals surface area contributed by atoms with Gasteiger partial charge in [-0.2, -0.15) is 0 Å². The lowest BCUT2D eigenvalue weighted by molar-refractivity contribution is -0.164. The van der Waals surface area contributed by atoms with E-state index >= 15 is 0 Å². The Morgan fingerprint density at radius 3 is 2.54 bits per heavy atom. The number of carbonyl (C=O) groups is 2. The molecule has 224 valence electrons. The molecule has 8 heteroatoms. The fourth-order valence-electron chi connectivity index (χ4n) is 5.81. The van der Waals surface area contributed by atoms with Crippen molar-refractivity contribution in [2.75, 3.05) is 13.2 Å². The molecule has 1 amide bonds. The molecule has 0 bridgehead atoms. The number of hydrogen-bond acceptors (Lipinski definition) is 7. The van der Waals surface area contributed by atoms with Crippen LogP contribution in [0, 0.1) is 29.1 Å². The molecule has 2 rings (SSSR count). The van der Waals surface area contributed by atoms with Gasteiger partial charge in [-0.25, -0.2) is 0 Å². The number of fused-ring (bicyclic) bond motifs is 1. The summed E-state index contributed by atoms with van der Waals surface area (Å²) in [5, 5.41) is 33.5. The molecule has 8 atom stereocenters. The van der Waals surface area contributed by atoms with Crippen LogP contribution in [0.15, 0.2) is 23.8 Å². The third-order valence-electron chi connectivity index (χ3n) is 8.68. The van der Waals surface area contributed by atoms with Crippen LogP contribution in [-0.2, 0) is 14.3 Å². The van der Waals surface area contributed by atoms with Crippen LogP contribution in [-0.4, -0.2) is 64.7 Å². The van der Waals surface area contributed by atoms with Gasteiger partial charge in [-0.05, 0) is 88.7 Å². The van der Waals surface area contributed by atoms with Crippen LogP contribution < -0.4 is 11.1 Å². The number of nitrogens with two attached hydrogens (primary N) is 1. The molecule has 0 aromatic heterocycles. The summed E-state index contributed by atoms with van der Waals surface area (Å²) in [4.78, 5) is 25.3. The number of ether oxygens (including phenoxy) is 1. The normalized spacial score (nSPS) is 27.2. The second kappa shape index (κ2) is 15.9. The van der Waals surface area contributed by atoms with E-state index in [0.29, 0.717) is 31.7 Å². The summed E-state index contributed by atoms with van der Waals surface area (Å²) in [5.41, 5.74) is 6.18. The molecule has 0 saturated carbocycles. The summed E-state index contributed by atoms with van der Waals surface area (Å²) in [6.07, 6.45) is 9.70. The fraction of sp³-hybridized carbons (Fsp3) is 0.806. The van der Waals surface area contributed by atoms with Crippen molar-refractivity contribution in [2.24, 2.45) is 34.8 Å². The molecule has 0 radical (unpaired) electrons. The number of unbranched alkanes of at least 4 members (excludes halogenated alkanes) is 1. The Labute approximate surface area is 235 Å². The van der Waals surface area contributed by atoms with Gasteiger partial charge >= 0.3 is 5.97 Å². The van der Waals surface area contributed by atoms with Gasteiger partial charge in [-0.1, -0.05) is 45.4 Å². The van der Waals surface area contributed by atoms with E-state index < -0.39 is 17.6 Å². The van der Waals surface area contributed by atoms with Crippen LogP contribution in [0.25, 0.3) is 0 Å². The zero-order valence-corrected chi connectivity index (χ0v) is 24.8. The van der Waals surface area contributed by atoms with Crippen LogP contribution in [0.5, 0.6) is 0 Å². The first-order valence-corrected chi connectivity index (χ1v) is 15.0. The topological polar surface area (TPSA) is 142 Å². The van der Waals surface area contributed by atoms with E-state index in [1.54, 1.807) is 0 Å². The molecule has 0 unspecified atom stereocenters. The Kier molecular flexibility index (Phi) is 13.6. The third kappa shape index (κ3) is 10.3. The van der Waals surface area contributed by atoms with E-state index in [1.807, 2.05) is 20.8 Å². The Morgan fingerprint density at radius 2 is 1.90 bits per heavy atom. The van der Waals surface area contributed by atoms with Crippen molar-refractivity contribution < 1.29 is 29.6 Å². The predicted octanol–water partition coefficient (Wildman–Crippen LogP) is 3.63. The van der Waals surface area contributed by atoms with Crippen LogP contribution in [0.3, 0.4) is 0 Å². The molecule has 0 heterocycles. The highest BCUT2D eigenvalue weighted by Gasteiger charge is 2.42. The average molecular weight is 551 g/mol. The van der Waals surface area contributed by atoms with Gasteiger partial charge in [0.2, 0.25) is 5.91 Å². The van der Waals surface area contributed by atoms with Gasteiger partial charge in [-0.3, -0.25) is 9.59 Å². The Hall–Kier alpha value is -1.74. The second-order valence-electron chi connectivity index (χ2n) is 12.5. The number of carbonyl (C=O) groups excluding carboxylic acids is 2. The largest absolute Gasteiger partial charge is 0.461 e. The number of rotatable bonds is 16. The molecule has 39 heavy (non-hydrogen) atoms. The standard InChI is InChI=1S/C31H54N2O6/c1-6-31(4,5)30(38)39-27-16-20(2)15-22-11-10-21(3)26(29(22)27)13-12-24(35)17-25(36)18-28(37)33-23(19-34)9-7-8-14-32/h10-11,15,20-21,23-27,29,34-36H,6-9,12-14,16-19,32H2,1-5H3,(H,33,37)/t20-,21-,23-,24+,25+,26-,27-,29-/m0/s1. The first-order valence-electron chi connectivity index (χ1n) is 15.0. The van der Waals surface area contributed by atoms with E-state index in [1.165, 1.54) is 5.57 Å². The smallest absolute Gasteiger partial charge is 0.311 e. The van der Waals surface area contributed by atoms with Crippen molar-refractivity contribution in [1.29, 1.82) is 0 Å². The molecule has 0 aliphatic heterocycles. The number of amides is 1. The third-order valence-corrected chi connectivity index (χ3v) is 8.68. The van der Waals surface area contributed by atoms with Crippen LogP contribution in [0.1, 0.15) is 92.4 Å². The number of nitrogens with one attached hydrogen (secondary N) is 1. The van der Waals surface area contributed by atoms with E-state index in [9.17, 15) is 24.9 Å². The Bertz CT molecular complexity index is 841. The van der Waals surface area contributed by atoms with E-state index in [0.717, 1.165) is 25.7 Å². The molecular weight excluding hydrogens is 496 g/mol. The molecule has 2 aliphatic rings. The minimum Gasteiger partial charge on any atom is -0.461 e. The van der Waals surface area contributed by atoms with Crippen molar-refractivity contribution >= 4 is 11.9 Å². The van der Waals surface area contributed by atoms with Gasteiger partial charge in [-0.15, -0.1) is 0 Å². The predicted molar refractivity (Wildman–Crippen MR) is 154 cm³/mol. The summed E-state index contributed by atoms with van der Waals surface area (Å²) in [5.74, 6) is 0.363. The molecule has 2 aliphatic carbocycles. The average Bonchev–Trinajstić information content (AvgIpc) is 2.87. The first-order chi connectivity index (χ1) is 18.4. The van der Waals surface area contributed by atoms with Gasteiger partial charge in [0.1, 0.15) is 6.10 Å². The number of aliphatic hydroxyl groups excluding tert-OH is 3. The number of aliphatic hydroxyl groups is 3. The maximum Gasteiger partial charge on any atom is 0.311 e. The molecule has 0 spiro atoms. The number of allylic oxidation sites excluding steroid dienone is 3. The molecule has 0 aromatic rings. The summed E-state index contributed by atoms with van der Waals surface area (Å²) in [6, 6.07) is -0.354. The van der Waals surface area contributed by atoms with Gasteiger partial charge in [0.25, 0.3) is 0 Å². The lowest BCUT2D eigenvalue weighted by Gasteiger charge is -2.44. The maximum absolute atomic E-state index is 13.0. The highest BCUT2D eigenvalue weighted by Crippen LogP contribution is 2.45. The van der Waals surface area contributed by atoms with E-state index in [-0.39, 0.29) is 61.2 Å². The summed E-state index contributed by atoms with van der Waals surface area (Å²) in [6.45, 7) is 10.6. The van der Waals surface area contributed by atoms with Crippen molar-refractivity contribution in [3.8, 4) is 0 Å². The van der Waals surface area contributed by atoms with Gasteiger partial charge < -0.3 is 31.1 Å². The highest BCUT2D eigenvalue weighted by atomic mass is 16.5. The Balaban J connectivity index is 1.95. The van der Waals surface area contributed by atoms with Crippen molar-refractivity contribution in [1.82, 2.24) is 5.32 Å². The number of hydrogen-bond donors (Lipinski definition) is 5. The fourth-order valence-corrected chi connectivity index (χ4v) is 5.81. The first kappa shape index (κ1) is 33.5. The molecule has 8 nitrogen and oxygen atoms in total. The zero-order valence-electron chi connectivity index (χ0n) is 24.8. The summed E-state index contributed by atoms with van der Waals surface area (Å²) >= 11 is 0. The van der Waals surface area contributed by atoms with Crippen molar-refractivity contribution in [3.63, 3.8) is 0 Å². The minimum absolute atomic E-state index is 0.0791. The summed E-state index contributed by atoms with van der Waals surface area (Å²) in [7, 11) is 0.